The van der Waals surface area contributed by atoms with Crippen molar-refractivity contribution in [2.24, 2.45) is 11.8 Å². The van der Waals surface area contributed by atoms with E-state index >= 15 is 0 Å². The van der Waals surface area contributed by atoms with Gasteiger partial charge in [-0.25, -0.2) is 0 Å². The number of likely N-dealkylation sites (tertiary alicyclic amines) is 2. The predicted molar refractivity (Wildman–Crippen MR) is 213 cm³/mol. The molecule has 52 heavy (non-hydrogen) atoms. The molecule has 2 fully saturated rings. The number of aromatic amines is 2. The van der Waals surface area contributed by atoms with Crippen LogP contribution >= 0.6 is 23.2 Å². The standard InChI is InChI=1S/2C20H24ClN5/c2*1-14-9-11-26(12-15-6-4-3-5-7-15)13-17(14)25(2)19-16-8-10-22-18(16)23-20(21)24-19/h2*3-8,10,14,17H,9,11-13H2,1-2H3,(H,22,23,24). The molecule has 6 aromatic rings. The fourth-order valence-corrected chi connectivity index (χ4v) is 8.19. The van der Waals surface area contributed by atoms with E-state index in [9.17, 15) is 0 Å². The van der Waals surface area contributed by atoms with Crippen molar-refractivity contribution in [1.29, 1.82) is 0 Å². The van der Waals surface area contributed by atoms with E-state index in [2.05, 4.69) is 138 Å². The van der Waals surface area contributed by atoms with E-state index in [-0.39, 0.29) is 10.6 Å². The van der Waals surface area contributed by atoms with E-state index in [1.54, 1.807) is 0 Å². The molecule has 8 rings (SSSR count). The molecule has 10 nitrogen and oxygen atoms in total. The van der Waals surface area contributed by atoms with Crippen LogP contribution in [0.2, 0.25) is 10.6 Å². The lowest BCUT2D eigenvalue weighted by Crippen LogP contribution is -2.50. The van der Waals surface area contributed by atoms with Crippen LogP contribution in [0.5, 0.6) is 0 Å². The summed E-state index contributed by atoms with van der Waals surface area (Å²) in [5, 5.41) is 2.60. The first-order valence-electron chi connectivity index (χ1n) is 18.2. The lowest BCUT2D eigenvalue weighted by molar-refractivity contribution is 0.159. The number of nitrogens with zero attached hydrogens (tertiary/aromatic N) is 8. The molecule has 2 aliphatic rings. The summed E-state index contributed by atoms with van der Waals surface area (Å²) >= 11 is 12.3. The summed E-state index contributed by atoms with van der Waals surface area (Å²) in [4.78, 5) is 33.5. The number of anilines is 2. The fraction of sp³-hybridized carbons (Fsp3) is 0.400. The van der Waals surface area contributed by atoms with Crippen molar-refractivity contribution >= 4 is 56.9 Å². The number of hydrogen-bond donors (Lipinski definition) is 2. The quantitative estimate of drug-likeness (QED) is 0.152. The number of piperidine rings is 2. The largest absolute Gasteiger partial charge is 0.354 e. The predicted octanol–water partition coefficient (Wildman–Crippen LogP) is 7.92. The molecule has 6 heterocycles. The minimum Gasteiger partial charge on any atom is -0.354 e. The van der Waals surface area contributed by atoms with Gasteiger partial charge >= 0.3 is 0 Å². The van der Waals surface area contributed by atoms with Gasteiger partial charge in [0, 0.05) is 64.8 Å². The van der Waals surface area contributed by atoms with Gasteiger partial charge in [0.05, 0.1) is 10.8 Å². The third kappa shape index (κ3) is 8.20. The third-order valence-corrected chi connectivity index (χ3v) is 11.2. The SMILES string of the molecule is CC1CCN(Cc2ccccc2)CC1N(C)c1nc(Cl)nc2[nH]ccc12.CC1CCN(Cc2ccccc2)CC1N(C)c1nc(Cl)nc2[nH]ccc12. The number of H-pyrrole nitrogens is 2. The number of halogens is 2. The lowest BCUT2D eigenvalue weighted by Gasteiger charge is -2.42. The first-order chi connectivity index (χ1) is 25.2. The Bertz CT molecular complexity index is 1900. The number of nitrogens with one attached hydrogen (secondary N) is 2. The summed E-state index contributed by atoms with van der Waals surface area (Å²) in [5.74, 6) is 2.99. The van der Waals surface area contributed by atoms with Gasteiger partial charge in [-0.1, -0.05) is 74.5 Å². The van der Waals surface area contributed by atoms with Gasteiger partial charge in [0.25, 0.3) is 0 Å². The Kier molecular flexibility index (Phi) is 11.3. The van der Waals surface area contributed by atoms with Gasteiger partial charge < -0.3 is 19.8 Å². The van der Waals surface area contributed by atoms with Crippen LogP contribution in [0.4, 0.5) is 11.6 Å². The Hall–Kier alpha value is -4.22. The summed E-state index contributed by atoms with van der Waals surface area (Å²) in [6, 6.07) is 26.2. The maximum absolute atomic E-state index is 6.16. The second-order valence-electron chi connectivity index (χ2n) is 14.4. The van der Waals surface area contributed by atoms with Crippen LogP contribution in [0.3, 0.4) is 0 Å². The monoisotopic (exact) mass is 738 g/mol. The number of hydrogen-bond acceptors (Lipinski definition) is 8. The highest BCUT2D eigenvalue weighted by molar-refractivity contribution is 6.29. The molecule has 2 saturated heterocycles. The van der Waals surface area contributed by atoms with Gasteiger partial charge in [-0.05, 0) is 84.2 Å². The number of likely N-dealkylation sites (N-methyl/N-ethyl adjacent to an activating group) is 2. The minimum absolute atomic E-state index is 0.284. The average Bonchev–Trinajstić information content (AvgIpc) is 3.83. The van der Waals surface area contributed by atoms with Crippen LogP contribution in [0.25, 0.3) is 22.1 Å². The summed E-state index contributed by atoms with van der Waals surface area (Å²) in [6.45, 7) is 10.9. The van der Waals surface area contributed by atoms with E-state index in [1.807, 2.05) is 24.5 Å². The molecular weight excluding hydrogens is 691 g/mol. The Labute approximate surface area is 316 Å². The van der Waals surface area contributed by atoms with Crippen LogP contribution in [-0.4, -0.2) is 92.1 Å². The van der Waals surface area contributed by atoms with Crippen LogP contribution < -0.4 is 9.80 Å². The van der Waals surface area contributed by atoms with Crippen LogP contribution in [0.15, 0.2) is 85.2 Å². The third-order valence-electron chi connectivity index (χ3n) is 10.9. The number of rotatable bonds is 8. The Morgan fingerprint density at radius 2 is 1.02 bits per heavy atom. The molecule has 272 valence electrons. The van der Waals surface area contributed by atoms with Crippen LogP contribution in [0, 0.1) is 11.8 Å². The molecule has 2 aliphatic heterocycles. The number of benzene rings is 2. The van der Waals surface area contributed by atoms with Gasteiger partial charge in [0.15, 0.2) is 0 Å². The van der Waals surface area contributed by atoms with Crippen molar-refractivity contribution < 1.29 is 0 Å². The van der Waals surface area contributed by atoms with Crippen LogP contribution in [-0.2, 0) is 13.1 Å². The molecule has 0 saturated carbocycles. The molecule has 0 radical (unpaired) electrons. The lowest BCUT2D eigenvalue weighted by atomic mass is 9.92. The van der Waals surface area contributed by atoms with E-state index in [1.165, 1.54) is 24.0 Å². The van der Waals surface area contributed by atoms with E-state index in [0.717, 1.165) is 73.0 Å². The summed E-state index contributed by atoms with van der Waals surface area (Å²) in [5.41, 5.74) is 4.30. The molecule has 4 atom stereocenters. The molecular formula is C40H48Cl2N10. The summed E-state index contributed by atoms with van der Waals surface area (Å²) < 4.78 is 0. The molecule has 0 bridgehead atoms. The molecule has 12 heteroatoms. The molecule has 4 unspecified atom stereocenters. The van der Waals surface area contributed by atoms with Crippen molar-refractivity contribution in [2.75, 3.05) is 50.1 Å². The van der Waals surface area contributed by atoms with E-state index < -0.39 is 0 Å². The second kappa shape index (κ2) is 16.2. The molecule has 2 N–H and O–H groups in total. The zero-order valence-corrected chi connectivity index (χ0v) is 31.9. The second-order valence-corrected chi connectivity index (χ2v) is 15.1. The van der Waals surface area contributed by atoms with Gasteiger partial charge in [-0.3, -0.25) is 9.80 Å². The van der Waals surface area contributed by atoms with Crippen molar-refractivity contribution in [3.8, 4) is 0 Å². The molecule has 4 aromatic heterocycles. The topological polar surface area (TPSA) is 96.1 Å². The molecule has 0 aliphatic carbocycles. The Balaban J connectivity index is 0.000000162. The highest BCUT2D eigenvalue weighted by Gasteiger charge is 2.32. The van der Waals surface area contributed by atoms with Crippen molar-refractivity contribution in [1.82, 2.24) is 39.7 Å². The minimum atomic E-state index is 0.284. The van der Waals surface area contributed by atoms with Gasteiger partial charge in [0.1, 0.15) is 22.9 Å². The maximum atomic E-state index is 6.16. The van der Waals surface area contributed by atoms with Crippen molar-refractivity contribution in [2.45, 2.75) is 51.9 Å². The summed E-state index contributed by atoms with van der Waals surface area (Å²) in [6.07, 6.45) is 6.13. The Morgan fingerprint density at radius 1 is 0.615 bits per heavy atom. The summed E-state index contributed by atoms with van der Waals surface area (Å²) in [7, 11) is 4.25. The van der Waals surface area contributed by atoms with Crippen LogP contribution in [0.1, 0.15) is 37.8 Å². The fourth-order valence-electron chi connectivity index (χ4n) is 7.86. The Morgan fingerprint density at radius 3 is 1.42 bits per heavy atom. The first-order valence-corrected chi connectivity index (χ1v) is 19.0. The zero-order valence-electron chi connectivity index (χ0n) is 30.4. The van der Waals surface area contributed by atoms with E-state index in [0.29, 0.717) is 23.9 Å². The smallest absolute Gasteiger partial charge is 0.226 e. The van der Waals surface area contributed by atoms with Crippen molar-refractivity contribution in [3.05, 3.63) is 107 Å². The highest BCUT2D eigenvalue weighted by atomic mass is 35.5. The van der Waals surface area contributed by atoms with Gasteiger partial charge in [0.2, 0.25) is 10.6 Å². The zero-order chi connectivity index (χ0) is 36.2. The van der Waals surface area contributed by atoms with E-state index in [4.69, 9.17) is 23.2 Å². The van der Waals surface area contributed by atoms with Gasteiger partial charge in [-0.2, -0.15) is 19.9 Å². The number of fused-ring (bicyclic) bond motifs is 2. The average molecular weight is 740 g/mol. The van der Waals surface area contributed by atoms with Crippen molar-refractivity contribution in [3.63, 3.8) is 0 Å². The van der Waals surface area contributed by atoms with Gasteiger partial charge in [-0.15, -0.1) is 0 Å². The maximum Gasteiger partial charge on any atom is 0.226 e. The normalized spacial score (nSPS) is 21.2. The molecule has 0 spiro atoms. The first kappa shape index (κ1) is 36.2. The number of aromatic nitrogens is 6. The highest BCUT2D eigenvalue weighted by Crippen LogP contribution is 2.32. The molecule has 0 amide bonds. The molecule has 2 aromatic carbocycles.